The quantitative estimate of drug-likeness (QED) is 0.569. The van der Waals surface area contributed by atoms with Crippen LogP contribution in [0.3, 0.4) is 0 Å². The van der Waals surface area contributed by atoms with E-state index in [-0.39, 0.29) is 16.9 Å². The van der Waals surface area contributed by atoms with E-state index in [1.807, 2.05) is 19.2 Å². The van der Waals surface area contributed by atoms with Gasteiger partial charge >= 0.3 is 5.97 Å². The van der Waals surface area contributed by atoms with Gasteiger partial charge in [-0.25, -0.2) is 14.2 Å². The topological polar surface area (TPSA) is 71.5 Å². The number of carbonyl (C=O) groups is 2. The largest absolute Gasteiger partial charge is 0.465 e. The predicted molar refractivity (Wildman–Crippen MR) is 116 cm³/mol. The molecule has 1 amide bonds. The number of methoxy groups -OCH3 is 1. The maximum Gasteiger partial charge on any atom is 0.350 e. The summed E-state index contributed by atoms with van der Waals surface area (Å²) in [6, 6.07) is 10.2. The van der Waals surface area contributed by atoms with Gasteiger partial charge in [-0.3, -0.25) is 9.69 Å². The number of esters is 1. The van der Waals surface area contributed by atoms with Gasteiger partial charge in [-0.1, -0.05) is 18.2 Å². The van der Waals surface area contributed by atoms with E-state index in [0.717, 1.165) is 17.0 Å². The fraction of sp³-hybridized carbons (Fsp3) is 0.318. The number of anilines is 1. The standard InChI is InChI=1S/C22H24FN3O3S/c1-13(2)26(3)12-15-9-10-16-19(20(22(28)29-4)30-21(16)24-15)25-18(27)11-14-7-5-6-8-17(14)23/h5-10,13H,11-12H2,1-4H3,(H,25,27). The number of rotatable bonds is 7. The molecule has 0 atom stereocenters. The van der Waals surface area contributed by atoms with Crippen molar-refractivity contribution < 1.29 is 18.7 Å². The van der Waals surface area contributed by atoms with Crippen LogP contribution in [-0.4, -0.2) is 42.0 Å². The second-order valence-corrected chi connectivity index (χ2v) is 8.28. The molecule has 0 aliphatic heterocycles. The number of nitrogens with one attached hydrogen (secondary N) is 1. The van der Waals surface area contributed by atoms with E-state index < -0.39 is 17.7 Å². The number of nitrogens with zero attached hydrogens (tertiary/aromatic N) is 2. The van der Waals surface area contributed by atoms with Gasteiger partial charge in [-0.15, -0.1) is 11.3 Å². The zero-order valence-electron chi connectivity index (χ0n) is 17.4. The number of benzene rings is 1. The lowest BCUT2D eigenvalue weighted by atomic mass is 10.1. The summed E-state index contributed by atoms with van der Waals surface area (Å²) in [6.45, 7) is 4.86. The molecule has 158 valence electrons. The van der Waals surface area contributed by atoms with Crippen LogP contribution in [0.15, 0.2) is 36.4 Å². The highest BCUT2D eigenvalue weighted by molar-refractivity contribution is 7.21. The van der Waals surface area contributed by atoms with Gasteiger partial charge < -0.3 is 10.1 Å². The smallest absolute Gasteiger partial charge is 0.350 e. The molecule has 2 aromatic heterocycles. The Kier molecular flexibility index (Phi) is 6.79. The van der Waals surface area contributed by atoms with Crippen LogP contribution in [-0.2, 0) is 22.5 Å². The Morgan fingerprint density at radius 1 is 1.23 bits per heavy atom. The lowest BCUT2D eigenvalue weighted by molar-refractivity contribution is -0.115. The minimum atomic E-state index is -0.556. The van der Waals surface area contributed by atoms with Crippen molar-refractivity contribution in [2.24, 2.45) is 0 Å². The number of hydrogen-bond acceptors (Lipinski definition) is 6. The molecule has 0 unspecified atom stereocenters. The first kappa shape index (κ1) is 21.9. The van der Waals surface area contributed by atoms with Crippen LogP contribution in [0, 0.1) is 5.82 Å². The molecule has 0 saturated heterocycles. The number of halogens is 1. The normalized spacial score (nSPS) is 11.3. The summed E-state index contributed by atoms with van der Waals surface area (Å²) in [5, 5.41) is 3.41. The van der Waals surface area contributed by atoms with E-state index in [2.05, 4.69) is 29.0 Å². The summed E-state index contributed by atoms with van der Waals surface area (Å²) < 4.78 is 18.8. The molecule has 0 spiro atoms. The van der Waals surface area contributed by atoms with Gasteiger partial charge in [-0.2, -0.15) is 0 Å². The van der Waals surface area contributed by atoms with Crippen LogP contribution >= 0.6 is 11.3 Å². The van der Waals surface area contributed by atoms with Gasteiger partial charge in [0.1, 0.15) is 15.5 Å². The zero-order chi connectivity index (χ0) is 21.8. The van der Waals surface area contributed by atoms with Crippen molar-refractivity contribution in [3.63, 3.8) is 0 Å². The number of thiophene rings is 1. The van der Waals surface area contributed by atoms with Crippen LogP contribution in [0.5, 0.6) is 0 Å². The average Bonchev–Trinajstić information content (AvgIpc) is 3.06. The molecule has 6 nitrogen and oxygen atoms in total. The zero-order valence-corrected chi connectivity index (χ0v) is 18.2. The van der Waals surface area contributed by atoms with Crippen LogP contribution < -0.4 is 5.32 Å². The van der Waals surface area contributed by atoms with Crippen LogP contribution in [0.1, 0.15) is 34.8 Å². The first-order valence-corrected chi connectivity index (χ1v) is 10.4. The molecule has 0 radical (unpaired) electrons. The van der Waals surface area contributed by atoms with Gasteiger partial charge in [0.2, 0.25) is 5.91 Å². The maximum absolute atomic E-state index is 13.9. The lowest BCUT2D eigenvalue weighted by Crippen LogP contribution is -2.25. The summed E-state index contributed by atoms with van der Waals surface area (Å²) in [5.41, 5.74) is 1.49. The van der Waals surface area contributed by atoms with Crippen LogP contribution in [0.4, 0.5) is 10.1 Å². The summed E-state index contributed by atoms with van der Waals surface area (Å²) in [6.07, 6.45) is -0.144. The third-order valence-electron chi connectivity index (χ3n) is 4.85. The Labute approximate surface area is 178 Å². The number of amides is 1. The number of pyridine rings is 1. The summed E-state index contributed by atoms with van der Waals surface area (Å²) >= 11 is 1.16. The Morgan fingerprint density at radius 2 is 1.97 bits per heavy atom. The van der Waals surface area contributed by atoms with Gasteiger partial charge in [0.05, 0.1) is 24.9 Å². The van der Waals surface area contributed by atoms with E-state index in [4.69, 9.17) is 4.74 Å². The number of ether oxygens (including phenoxy) is 1. The van der Waals surface area contributed by atoms with Crippen LogP contribution in [0.2, 0.25) is 0 Å². The van der Waals surface area contributed by atoms with E-state index >= 15 is 0 Å². The third-order valence-corrected chi connectivity index (χ3v) is 5.93. The minimum absolute atomic E-state index is 0.144. The molecule has 0 saturated carbocycles. The molecule has 2 heterocycles. The van der Waals surface area contributed by atoms with Gasteiger partial charge in [0.15, 0.2) is 0 Å². The third kappa shape index (κ3) is 4.83. The molecule has 0 aliphatic rings. The molecule has 30 heavy (non-hydrogen) atoms. The van der Waals surface area contributed by atoms with E-state index in [0.29, 0.717) is 28.5 Å². The second-order valence-electron chi connectivity index (χ2n) is 7.28. The fourth-order valence-corrected chi connectivity index (χ4v) is 3.97. The maximum atomic E-state index is 13.9. The molecule has 3 rings (SSSR count). The van der Waals surface area contributed by atoms with E-state index in [1.165, 1.54) is 13.2 Å². The molecule has 3 aromatic rings. The van der Waals surface area contributed by atoms with Crippen molar-refractivity contribution in [3.05, 3.63) is 58.3 Å². The Hall–Kier alpha value is -2.84. The molecular formula is C22H24FN3O3S. The SMILES string of the molecule is COC(=O)c1sc2nc(CN(C)C(C)C)ccc2c1NC(=O)Cc1ccccc1F. The van der Waals surface area contributed by atoms with Gasteiger partial charge in [-0.05, 0) is 44.7 Å². The van der Waals surface area contributed by atoms with Crippen molar-refractivity contribution in [3.8, 4) is 0 Å². The first-order chi connectivity index (χ1) is 14.3. The van der Waals surface area contributed by atoms with Crippen molar-refractivity contribution >= 4 is 39.1 Å². The molecule has 0 aliphatic carbocycles. The predicted octanol–water partition coefficient (Wildman–Crippen LogP) is 4.24. The highest BCUT2D eigenvalue weighted by Crippen LogP contribution is 2.35. The number of fused-ring (bicyclic) bond motifs is 1. The Morgan fingerprint density at radius 3 is 2.63 bits per heavy atom. The average molecular weight is 430 g/mol. The molecule has 0 fully saturated rings. The molecule has 1 N–H and O–H groups in total. The van der Waals surface area contributed by atoms with Gasteiger partial charge in [0, 0.05) is 18.0 Å². The van der Waals surface area contributed by atoms with Crippen molar-refractivity contribution in [1.29, 1.82) is 0 Å². The van der Waals surface area contributed by atoms with Crippen molar-refractivity contribution in [2.75, 3.05) is 19.5 Å². The Balaban J connectivity index is 1.92. The molecular weight excluding hydrogens is 405 g/mol. The number of hydrogen-bond donors (Lipinski definition) is 1. The van der Waals surface area contributed by atoms with Crippen LogP contribution in [0.25, 0.3) is 10.2 Å². The summed E-state index contributed by atoms with van der Waals surface area (Å²) in [4.78, 5) is 32.6. The lowest BCUT2D eigenvalue weighted by Gasteiger charge is -2.20. The fourth-order valence-electron chi connectivity index (χ4n) is 2.90. The molecule has 8 heteroatoms. The van der Waals surface area contributed by atoms with Gasteiger partial charge in [0.25, 0.3) is 0 Å². The first-order valence-electron chi connectivity index (χ1n) is 9.54. The molecule has 0 bridgehead atoms. The van der Waals surface area contributed by atoms with E-state index in [1.54, 1.807) is 18.2 Å². The highest BCUT2D eigenvalue weighted by Gasteiger charge is 2.22. The minimum Gasteiger partial charge on any atom is -0.465 e. The number of carbonyl (C=O) groups excluding carboxylic acids is 2. The van der Waals surface area contributed by atoms with E-state index in [9.17, 15) is 14.0 Å². The van der Waals surface area contributed by atoms with Crippen molar-refractivity contribution in [1.82, 2.24) is 9.88 Å². The Bertz CT molecular complexity index is 1080. The van der Waals surface area contributed by atoms with Crippen molar-refractivity contribution in [2.45, 2.75) is 32.9 Å². The molecule has 1 aromatic carbocycles. The monoisotopic (exact) mass is 429 g/mol. The second kappa shape index (κ2) is 9.32. The number of aromatic nitrogens is 1. The highest BCUT2D eigenvalue weighted by atomic mass is 32.1. The summed E-state index contributed by atoms with van der Waals surface area (Å²) in [7, 11) is 3.30. The summed E-state index contributed by atoms with van der Waals surface area (Å²) in [5.74, 6) is -1.43.